The molecule has 1 aliphatic heterocycles. The van der Waals surface area contributed by atoms with E-state index in [9.17, 15) is 9.59 Å². The van der Waals surface area contributed by atoms with Crippen molar-refractivity contribution in [1.82, 2.24) is 20.1 Å². The Morgan fingerprint density at radius 2 is 2.00 bits per heavy atom. The number of piperidine rings is 1. The summed E-state index contributed by atoms with van der Waals surface area (Å²) in [5, 5.41) is 8.24. The van der Waals surface area contributed by atoms with Gasteiger partial charge in [-0.25, -0.2) is 0 Å². The average Bonchev–Trinajstić information content (AvgIpc) is 3.56. The van der Waals surface area contributed by atoms with E-state index in [1.165, 1.54) is 19.3 Å². The number of benzene rings is 1. The van der Waals surface area contributed by atoms with Crippen LogP contribution < -0.4 is 10.3 Å². The summed E-state index contributed by atoms with van der Waals surface area (Å²) in [6.07, 6.45) is 6.38. The van der Waals surface area contributed by atoms with Gasteiger partial charge in [-0.15, -0.1) is 10.2 Å². The molecule has 4 rings (SSSR count). The number of aromatic amines is 1. The molecule has 0 bridgehead atoms. The lowest BCUT2D eigenvalue weighted by Gasteiger charge is -2.26. The number of carbonyl (C=O) groups excluding carboxylic acids is 1. The zero-order chi connectivity index (χ0) is 19.3. The van der Waals surface area contributed by atoms with Crippen molar-refractivity contribution in [2.45, 2.75) is 44.9 Å². The summed E-state index contributed by atoms with van der Waals surface area (Å²) in [4.78, 5) is 29.3. The lowest BCUT2D eigenvalue weighted by Crippen LogP contribution is -2.36. The highest BCUT2D eigenvalue weighted by atomic mass is 16.5. The van der Waals surface area contributed by atoms with Gasteiger partial charge in [-0.3, -0.25) is 9.59 Å². The van der Waals surface area contributed by atoms with Gasteiger partial charge in [0.15, 0.2) is 5.82 Å². The molecule has 148 valence electrons. The van der Waals surface area contributed by atoms with Crippen molar-refractivity contribution in [1.29, 1.82) is 0 Å². The molecule has 2 fully saturated rings. The Hall–Kier alpha value is -2.70. The van der Waals surface area contributed by atoms with Gasteiger partial charge in [0.1, 0.15) is 11.4 Å². The highest BCUT2D eigenvalue weighted by Crippen LogP contribution is 2.30. The number of aryl methyl sites for hydroxylation is 1. The highest BCUT2D eigenvalue weighted by Gasteiger charge is 2.22. The first-order valence-corrected chi connectivity index (χ1v) is 10.2. The lowest BCUT2D eigenvalue weighted by molar-refractivity contribution is -0.132. The van der Waals surface area contributed by atoms with E-state index in [0.717, 1.165) is 43.9 Å². The number of ether oxygens (including phenoxy) is 1. The molecule has 7 nitrogen and oxygen atoms in total. The van der Waals surface area contributed by atoms with Gasteiger partial charge in [0, 0.05) is 31.5 Å². The fraction of sp³-hybridized carbons (Fsp3) is 0.524. The van der Waals surface area contributed by atoms with E-state index in [1.807, 2.05) is 29.2 Å². The molecule has 1 aromatic heterocycles. The van der Waals surface area contributed by atoms with Gasteiger partial charge in [-0.05, 0) is 50.2 Å². The van der Waals surface area contributed by atoms with Crippen molar-refractivity contribution < 1.29 is 9.53 Å². The maximum absolute atomic E-state index is 12.4. The van der Waals surface area contributed by atoms with Crippen molar-refractivity contribution in [2.75, 3.05) is 19.7 Å². The number of carbonyl (C=O) groups is 1. The summed E-state index contributed by atoms with van der Waals surface area (Å²) >= 11 is 0. The first-order valence-electron chi connectivity index (χ1n) is 10.2. The summed E-state index contributed by atoms with van der Waals surface area (Å²) in [7, 11) is 0. The van der Waals surface area contributed by atoms with Crippen molar-refractivity contribution in [2.24, 2.45) is 5.92 Å². The van der Waals surface area contributed by atoms with Crippen LogP contribution in [0.15, 0.2) is 29.1 Å². The lowest BCUT2D eigenvalue weighted by atomic mass is 10.1. The molecule has 1 saturated heterocycles. The molecule has 2 aliphatic rings. The smallest absolute Gasteiger partial charge is 0.273 e. The average molecular weight is 382 g/mol. The Morgan fingerprint density at radius 1 is 1.18 bits per heavy atom. The summed E-state index contributed by atoms with van der Waals surface area (Å²) in [5.41, 5.74) is 0.768. The maximum Gasteiger partial charge on any atom is 0.273 e. The molecule has 1 aliphatic carbocycles. The van der Waals surface area contributed by atoms with Crippen LogP contribution in [0.4, 0.5) is 0 Å². The molecule has 0 unspecified atom stereocenters. The summed E-state index contributed by atoms with van der Waals surface area (Å²) in [6.45, 7) is 2.37. The zero-order valence-electron chi connectivity index (χ0n) is 16.0. The standard InChI is InChI=1S/C21H26N4O3/c26-19(25-11-2-1-3-12-25)10-9-18-21(27)22-20(24-23-18)16-5-4-6-17(13-16)28-14-15-7-8-15/h4-6,13,15H,1-3,7-12,14H2,(H,22,24,27). The van der Waals surface area contributed by atoms with Gasteiger partial charge in [0.2, 0.25) is 5.91 Å². The SMILES string of the molecule is O=C(CCc1nnc(-c2cccc(OCC3CC3)c2)[nH]c1=O)N1CCCCC1. The van der Waals surface area contributed by atoms with E-state index in [4.69, 9.17) is 4.74 Å². The maximum atomic E-state index is 12.4. The molecule has 2 aromatic rings. The molecular weight excluding hydrogens is 356 g/mol. The topological polar surface area (TPSA) is 88.2 Å². The van der Waals surface area contributed by atoms with Gasteiger partial charge >= 0.3 is 0 Å². The van der Waals surface area contributed by atoms with Gasteiger partial charge in [-0.2, -0.15) is 0 Å². The third kappa shape index (κ3) is 4.77. The van der Waals surface area contributed by atoms with E-state index in [-0.39, 0.29) is 11.5 Å². The quantitative estimate of drug-likeness (QED) is 0.795. The van der Waals surface area contributed by atoms with Crippen LogP contribution in [0.25, 0.3) is 11.4 Å². The van der Waals surface area contributed by atoms with Crippen molar-refractivity contribution >= 4 is 5.91 Å². The number of nitrogens with one attached hydrogen (secondary N) is 1. The number of hydrogen-bond donors (Lipinski definition) is 1. The number of nitrogens with zero attached hydrogens (tertiary/aromatic N) is 3. The van der Waals surface area contributed by atoms with Gasteiger partial charge < -0.3 is 14.6 Å². The third-order valence-corrected chi connectivity index (χ3v) is 5.34. The summed E-state index contributed by atoms with van der Waals surface area (Å²) in [5.74, 6) is 1.94. The van der Waals surface area contributed by atoms with E-state index in [0.29, 0.717) is 30.3 Å². The fourth-order valence-electron chi connectivity index (χ4n) is 3.41. The molecule has 7 heteroatoms. The Morgan fingerprint density at radius 3 is 2.75 bits per heavy atom. The van der Waals surface area contributed by atoms with Crippen LogP contribution in [0, 0.1) is 5.92 Å². The van der Waals surface area contributed by atoms with Gasteiger partial charge in [-0.1, -0.05) is 12.1 Å². The van der Waals surface area contributed by atoms with Crippen LogP contribution in [-0.4, -0.2) is 45.7 Å². The molecule has 1 saturated carbocycles. The van der Waals surface area contributed by atoms with E-state index in [1.54, 1.807) is 0 Å². The third-order valence-electron chi connectivity index (χ3n) is 5.34. The second-order valence-corrected chi connectivity index (χ2v) is 7.67. The molecule has 0 spiro atoms. The molecular formula is C21H26N4O3. The minimum absolute atomic E-state index is 0.0884. The van der Waals surface area contributed by atoms with Crippen LogP contribution in [0.5, 0.6) is 5.75 Å². The molecule has 1 aromatic carbocycles. The molecule has 0 radical (unpaired) electrons. The van der Waals surface area contributed by atoms with E-state index >= 15 is 0 Å². The Kier molecular flexibility index (Phi) is 5.69. The van der Waals surface area contributed by atoms with Crippen LogP contribution in [0.1, 0.15) is 44.2 Å². The minimum Gasteiger partial charge on any atom is -0.493 e. The highest BCUT2D eigenvalue weighted by molar-refractivity contribution is 5.76. The number of aromatic nitrogens is 3. The van der Waals surface area contributed by atoms with Crippen LogP contribution >= 0.6 is 0 Å². The number of H-pyrrole nitrogens is 1. The van der Waals surface area contributed by atoms with Gasteiger partial charge in [0.05, 0.1) is 6.61 Å². The van der Waals surface area contributed by atoms with Crippen LogP contribution in [0.2, 0.25) is 0 Å². The van der Waals surface area contributed by atoms with Gasteiger partial charge in [0.25, 0.3) is 5.56 Å². The molecule has 0 atom stereocenters. The Balaban J connectivity index is 1.39. The Bertz CT molecular complexity index is 885. The normalized spacial score (nSPS) is 16.8. The monoisotopic (exact) mass is 382 g/mol. The molecule has 28 heavy (non-hydrogen) atoms. The second kappa shape index (κ2) is 8.54. The largest absolute Gasteiger partial charge is 0.493 e. The van der Waals surface area contributed by atoms with E-state index in [2.05, 4.69) is 15.2 Å². The molecule has 2 heterocycles. The van der Waals surface area contributed by atoms with Crippen molar-refractivity contribution in [3.05, 3.63) is 40.3 Å². The summed E-state index contributed by atoms with van der Waals surface area (Å²) in [6, 6.07) is 7.51. The van der Waals surface area contributed by atoms with Crippen LogP contribution in [-0.2, 0) is 11.2 Å². The van der Waals surface area contributed by atoms with Crippen molar-refractivity contribution in [3.8, 4) is 17.1 Å². The molecule has 1 amide bonds. The first kappa shape index (κ1) is 18.7. The van der Waals surface area contributed by atoms with E-state index < -0.39 is 0 Å². The predicted octanol–water partition coefficient (Wildman–Crippen LogP) is 2.57. The second-order valence-electron chi connectivity index (χ2n) is 7.67. The fourth-order valence-corrected chi connectivity index (χ4v) is 3.41. The number of hydrogen-bond acceptors (Lipinski definition) is 5. The van der Waals surface area contributed by atoms with Crippen LogP contribution in [0.3, 0.4) is 0 Å². The summed E-state index contributed by atoms with van der Waals surface area (Å²) < 4.78 is 5.79. The predicted molar refractivity (Wildman–Crippen MR) is 105 cm³/mol. The minimum atomic E-state index is -0.291. The van der Waals surface area contributed by atoms with Crippen molar-refractivity contribution in [3.63, 3.8) is 0 Å². The zero-order valence-corrected chi connectivity index (χ0v) is 16.0. The first-order chi connectivity index (χ1) is 13.7. The number of likely N-dealkylation sites (tertiary alicyclic amines) is 1. The number of rotatable bonds is 7. The molecule has 1 N–H and O–H groups in total. The Labute approximate surface area is 164 Å². The number of amides is 1.